The molecule has 36 heavy (non-hydrogen) atoms. The maximum atomic E-state index is 14.5. The van der Waals surface area contributed by atoms with Crippen LogP contribution in [0.1, 0.15) is 27.8 Å². The molecule has 1 heterocycles. The second-order valence-corrected chi connectivity index (χ2v) is 10.3. The first kappa shape index (κ1) is 24.1. The van der Waals surface area contributed by atoms with Gasteiger partial charge in [-0.25, -0.2) is 4.21 Å². The minimum absolute atomic E-state index is 0.633. The van der Waals surface area contributed by atoms with Crippen molar-refractivity contribution in [3.63, 3.8) is 0 Å². The Morgan fingerprint density at radius 3 is 1.81 bits per heavy atom. The molecule has 0 spiro atoms. The predicted octanol–water partition coefficient (Wildman–Crippen LogP) is 7.86. The van der Waals surface area contributed by atoms with E-state index < -0.39 is 10.8 Å². The van der Waals surface area contributed by atoms with E-state index in [2.05, 4.69) is 18.2 Å². The molecule has 4 aromatic rings. The molecule has 0 radical (unpaired) electrons. The Morgan fingerprint density at radius 1 is 0.611 bits per heavy atom. The van der Waals surface area contributed by atoms with Crippen LogP contribution in [0.3, 0.4) is 0 Å². The highest BCUT2D eigenvalue weighted by molar-refractivity contribution is 8.04. The molecule has 0 aliphatic carbocycles. The summed E-state index contributed by atoms with van der Waals surface area (Å²) in [5.41, 5.74) is 6.55. The molecule has 4 aromatic carbocycles. The number of methoxy groups -OCH3 is 2. The van der Waals surface area contributed by atoms with Gasteiger partial charge in [0.15, 0.2) is 0 Å². The van der Waals surface area contributed by atoms with Crippen molar-refractivity contribution in [2.24, 2.45) is 0 Å². The van der Waals surface area contributed by atoms with Crippen LogP contribution in [0.4, 0.5) is 0 Å². The lowest BCUT2D eigenvalue weighted by atomic mass is 9.89. The Balaban J connectivity index is 1.90. The van der Waals surface area contributed by atoms with Crippen molar-refractivity contribution in [3.05, 3.63) is 130 Å². The SMILES string of the molecule is COc1cc(OC)cc(C2=C(c3cccc(C)c3)S(=O)C(c3ccc(Cl)cc3)=C2c2ccccc2)c1. The van der Waals surface area contributed by atoms with Gasteiger partial charge in [0, 0.05) is 22.2 Å². The van der Waals surface area contributed by atoms with E-state index in [1.54, 1.807) is 14.2 Å². The Hall–Kier alpha value is -3.60. The number of halogens is 1. The minimum atomic E-state index is -1.46. The smallest absolute Gasteiger partial charge is 0.123 e. The summed E-state index contributed by atoms with van der Waals surface area (Å²) in [7, 11) is 1.81. The summed E-state index contributed by atoms with van der Waals surface area (Å²) in [4.78, 5) is 1.52. The highest BCUT2D eigenvalue weighted by Crippen LogP contribution is 2.52. The van der Waals surface area contributed by atoms with Crippen LogP contribution in [0.15, 0.2) is 97.1 Å². The van der Waals surface area contributed by atoms with E-state index in [9.17, 15) is 4.21 Å². The average Bonchev–Trinajstić information content (AvgIpc) is 3.22. The molecule has 1 unspecified atom stereocenters. The number of rotatable bonds is 6. The Bertz CT molecular complexity index is 1500. The molecule has 0 amide bonds. The minimum Gasteiger partial charge on any atom is -0.497 e. The van der Waals surface area contributed by atoms with Gasteiger partial charge in [0.2, 0.25) is 0 Å². The van der Waals surface area contributed by atoms with Gasteiger partial charge in [-0.05, 0) is 53.4 Å². The molecule has 0 N–H and O–H groups in total. The number of benzene rings is 4. The van der Waals surface area contributed by atoms with Crippen molar-refractivity contribution in [2.75, 3.05) is 14.2 Å². The largest absolute Gasteiger partial charge is 0.497 e. The number of hydrogen-bond acceptors (Lipinski definition) is 3. The molecule has 0 saturated heterocycles. The molecule has 0 aromatic heterocycles. The summed E-state index contributed by atoms with van der Waals surface area (Å²) >= 11 is 6.21. The zero-order valence-corrected chi connectivity index (χ0v) is 21.8. The third kappa shape index (κ3) is 4.50. The van der Waals surface area contributed by atoms with Gasteiger partial charge in [0.05, 0.1) is 34.8 Å². The molecule has 5 rings (SSSR count). The first-order chi connectivity index (χ1) is 17.5. The normalized spacial score (nSPS) is 15.4. The maximum absolute atomic E-state index is 14.5. The van der Waals surface area contributed by atoms with Gasteiger partial charge in [-0.3, -0.25) is 0 Å². The van der Waals surface area contributed by atoms with Crippen molar-refractivity contribution in [2.45, 2.75) is 6.92 Å². The molecule has 0 bridgehead atoms. The van der Waals surface area contributed by atoms with Crippen LogP contribution in [-0.4, -0.2) is 18.4 Å². The van der Waals surface area contributed by atoms with E-state index in [0.717, 1.165) is 48.8 Å². The van der Waals surface area contributed by atoms with Gasteiger partial charge in [0.25, 0.3) is 0 Å². The molecule has 180 valence electrons. The quantitative estimate of drug-likeness (QED) is 0.264. The lowest BCUT2D eigenvalue weighted by Crippen LogP contribution is -1.96. The third-order valence-electron chi connectivity index (χ3n) is 6.16. The van der Waals surface area contributed by atoms with Crippen LogP contribution in [0.5, 0.6) is 11.5 Å². The zero-order chi connectivity index (χ0) is 25.2. The standard InChI is InChI=1S/C31H25ClO3S/c1-20-8-7-11-23(16-20)31-29(24-17-26(34-2)19-27(18-24)35-3)28(21-9-5-4-6-10-21)30(36(31)33)22-12-14-25(32)15-13-22/h4-19H,1-3H3. The topological polar surface area (TPSA) is 35.5 Å². The van der Waals surface area contributed by atoms with Crippen LogP contribution in [-0.2, 0) is 10.8 Å². The van der Waals surface area contributed by atoms with Gasteiger partial charge >= 0.3 is 0 Å². The van der Waals surface area contributed by atoms with Crippen molar-refractivity contribution >= 4 is 43.4 Å². The van der Waals surface area contributed by atoms with E-state index in [1.165, 1.54) is 0 Å². The maximum Gasteiger partial charge on any atom is 0.123 e. The van der Waals surface area contributed by atoms with E-state index in [-0.39, 0.29) is 0 Å². The van der Waals surface area contributed by atoms with E-state index >= 15 is 0 Å². The van der Waals surface area contributed by atoms with Gasteiger partial charge < -0.3 is 9.47 Å². The van der Waals surface area contributed by atoms with Crippen LogP contribution in [0.2, 0.25) is 5.02 Å². The van der Waals surface area contributed by atoms with Gasteiger partial charge in [-0.1, -0.05) is 83.9 Å². The fourth-order valence-electron chi connectivity index (χ4n) is 4.51. The zero-order valence-electron chi connectivity index (χ0n) is 20.2. The van der Waals surface area contributed by atoms with Gasteiger partial charge in [-0.2, -0.15) is 0 Å². The van der Waals surface area contributed by atoms with Crippen molar-refractivity contribution in [1.82, 2.24) is 0 Å². The van der Waals surface area contributed by atoms with Crippen LogP contribution in [0.25, 0.3) is 21.0 Å². The monoisotopic (exact) mass is 512 g/mol. The summed E-state index contributed by atoms with van der Waals surface area (Å²) in [6.45, 7) is 2.04. The summed E-state index contributed by atoms with van der Waals surface area (Å²) in [6, 6.07) is 31.6. The van der Waals surface area contributed by atoms with E-state index in [0.29, 0.717) is 16.5 Å². The first-order valence-electron chi connectivity index (χ1n) is 11.5. The van der Waals surface area contributed by atoms with Crippen molar-refractivity contribution in [1.29, 1.82) is 0 Å². The van der Waals surface area contributed by atoms with Crippen molar-refractivity contribution in [3.8, 4) is 11.5 Å². The first-order valence-corrected chi connectivity index (χ1v) is 13.1. The predicted molar refractivity (Wildman–Crippen MR) is 150 cm³/mol. The number of aryl methyl sites for hydroxylation is 1. The van der Waals surface area contributed by atoms with Crippen molar-refractivity contribution < 1.29 is 13.7 Å². The second-order valence-electron chi connectivity index (χ2n) is 8.52. The lowest BCUT2D eigenvalue weighted by Gasteiger charge is -2.15. The molecule has 1 aliphatic rings. The number of allylic oxidation sites excluding steroid dienone is 2. The highest BCUT2D eigenvalue weighted by Gasteiger charge is 2.35. The molecule has 0 saturated carbocycles. The molecule has 5 heteroatoms. The molecular weight excluding hydrogens is 488 g/mol. The molecule has 3 nitrogen and oxygen atoms in total. The van der Waals surface area contributed by atoms with E-state index in [4.69, 9.17) is 21.1 Å². The average molecular weight is 513 g/mol. The Morgan fingerprint density at radius 2 is 1.19 bits per heavy atom. The fraction of sp³-hybridized carbons (Fsp3) is 0.0968. The Kier molecular flexibility index (Phi) is 6.82. The fourth-order valence-corrected chi connectivity index (χ4v) is 6.34. The summed E-state index contributed by atoms with van der Waals surface area (Å²) in [5.74, 6) is 1.33. The lowest BCUT2D eigenvalue weighted by molar-refractivity contribution is 0.394. The molecule has 0 fully saturated rings. The van der Waals surface area contributed by atoms with Gasteiger partial charge in [0.1, 0.15) is 11.5 Å². The number of hydrogen-bond donors (Lipinski definition) is 0. The van der Waals surface area contributed by atoms with E-state index in [1.807, 2.05) is 85.8 Å². The summed E-state index contributed by atoms with van der Waals surface area (Å²) < 4.78 is 25.7. The summed E-state index contributed by atoms with van der Waals surface area (Å²) in [5, 5.41) is 0.633. The molecule has 1 atom stereocenters. The highest BCUT2D eigenvalue weighted by atomic mass is 35.5. The molecule has 1 aliphatic heterocycles. The number of ether oxygens (including phenoxy) is 2. The second kappa shape index (κ2) is 10.2. The van der Waals surface area contributed by atoms with Crippen LogP contribution in [0, 0.1) is 6.92 Å². The van der Waals surface area contributed by atoms with Crippen LogP contribution < -0.4 is 9.47 Å². The van der Waals surface area contributed by atoms with Gasteiger partial charge in [-0.15, -0.1) is 0 Å². The van der Waals surface area contributed by atoms with Crippen LogP contribution >= 0.6 is 11.6 Å². The third-order valence-corrected chi connectivity index (χ3v) is 8.04. The summed E-state index contributed by atoms with van der Waals surface area (Å²) in [6.07, 6.45) is 0. The Labute approximate surface area is 219 Å². The molecular formula is C31H25ClO3S.